The number of pyridine rings is 1. The van der Waals surface area contributed by atoms with Crippen LogP contribution in [0.25, 0.3) is 0 Å². The van der Waals surface area contributed by atoms with Crippen LogP contribution in [0.15, 0.2) is 140 Å². The molecule has 0 aliphatic carbocycles. The van der Waals surface area contributed by atoms with Crippen molar-refractivity contribution in [3.8, 4) is 0 Å². The van der Waals surface area contributed by atoms with Gasteiger partial charge in [-0.25, -0.2) is 9.59 Å². The van der Waals surface area contributed by atoms with Gasteiger partial charge in [-0.15, -0.1) is 0 Å². The van der Waals surface area contributed by atoms with E-state index in [1.54, 1.807) is 0 Å². The lowest BCUT2D eigenvalue weighted by Crippen LogP contribution is -2.40. The number of carbonyl (C=O) groups excluding carboxylic acids is 2. The van der Waals surface area contributed by atoms with Gasteiger partial charge in [0.05, 0.1) is 23.5 Å². The van der Waals surface area contributed by atoms with Crippen LogP contribution in [0.1, 0.15) is 71.4 Å². The highest BCUT2D eigenvalue weighted by Crippen LogP contribution is 2.25. The third kappa shape index (κ3) is 10.3. The van der Waals surface area contributed by atoms with Crippen LogP contribution in [0, 0.1) is 0 Å². The predicted octanol–water partition coefficient (Wildman–Crippen LogP) is 8.04. The number of benzene rings is 4. The number of piperidine rings is 2. The highest BCUT2D eigenvalue weighted by atomic mass is 16.6. The Morgan fingerprint density at radius 2 is 0.815 bits per heavy atom. The fourth-order valence-electron chi connectivity index (χ4n) is 7.44. The Labute approximate surface area is 318 Å². The first-order valence-electron chi connectivity index (χ1n) is 19.1. The van der Waals surface area contributed by atoms with Crippen molar-refractivity contribution in [1.82, 2.24) is 25.4 Å². The number of hydrogen-bond acceptors (Lipinski definition) is 7. The van der Waals surface area contributed by atoms with Crippen LogP contribution in [0.2, 0.25) is 0 Å². The second-order valence-corrected chi connectivity index (χ2v) is 14.2. The number of alkyl carbamates (subject to hydrolysis) is 2. The summed E-state index contributed by atoms with van der Waals surface area (Å²) in [4.78, 5) is 35.9. The van der Waals surface area contributed by atoms with Gasteiger partial charge in [-0.1, -0.05) is 127 Å². The highest BCUT2D eigenvalue weighted by molar-refractivity contribution is 5.69. The molecule has 0 saturated carbocycles. The Hall–Kier alpha value is -5.51. The van der Waals surface area contributed by atoms with Gasteiger partial charge in [0.1, 0.15) is 12.2 Å². The van der Waals surface area contributed by atoms with Gasteiger partial charge < -0.3 is 20.1 Å². The van der Waals surface area contributed by atoms with E-state index in [-0.39, 0.29) is 36.5 Å². The van der Waals surface area contributed by atoms with Gasteiger partial charge in [0, 0.05) is 39.3 Å². The quantitative estimate of drug-likeness (QED) is 0.135. The molecule has 9 heteroatoms. The summed E-state index contributed by atoms with van der Waals surface area (Å²) in [6, 6.07) is 45.6. The lowest BCUT2D eigenvalue weighted by atomic mass is 9.99. The smallest absolute Gasteiger partial charge is 0.408 e. The molecule has 0 radical (unpaired) electrons. The molecule has 2 saturated heterocycles. The Morgan fingerprint density at radius 1 is 0.500 bits per heavy atom. The highest BCUT2D eigenvalue weighted by Gasteiger charge is 2.27. The lowest BCUT2D eigenvalue weighted by molar-refractivity contribution is 0.0470. The van der Waals surface area contributed by atoms with E-state index in [9.17, 15) is 9.59 Å². The number of nitrogens with one attached hydrogen (secondary N) is 2. The van der Waals surface area contributed by atoms with Crippen LogP contribution in [-0.2, 0) is 22.6 Å². The van der Waals surface area contributed by atoms with Crippen molar-refractivity contribution in [2.24, 2.45) is 0 Å². The molecule has 54 heavy (non-hydrogen) atoms. The molecular weight excluding hydrogens is 675 g/mol. The summed E-state index contributed by atoms with van der Waals surface area (Å²) < 4.78 is 11.8. The first-order chi connectivity index (χ1) is 26.6. The minimum Gasteiger partial charge on any atom is -0.446 e. The van der Waals surface area contributed by atoms with Crippen molar-refractivity contribution in [2.45, 2.75) is 63.1 Å². The van der Waals surface area contributed by atoms with Gasteiger partial charge in [0.25, 0.3) is 0 Å². The number of likely N-dealkylation sites (tertiary alicyclic amines) is 2. The molecule has 9 nitrogen and oxygen atoms in total. The molecule has 4 aromatic carbocycles. The van der Waals surface area contributed by atoms with Crippen LogP contribution in [0.3, 0.4) is 0 Å². The molecule has 3 heterocycles. The minimum atomic E-state index is -0.390. The van der Waals surface area contributed by atoms with E-state index in [1.807, 2.05) is 121 Å². The van der Waals surface area contributed by atoms with Gasteiger partial charge >= 0.3 is 12.2 Å². The maximum Gasteiger partial charge on any atom is 0.408 e. The van der Waals surface area contributed by atoms with Gasteiger partial charge in [-0.05, 0) is 60.1 Å². The van der Waals surface area contributed by atoms with Crippen LogP contribution in [0.5, 0.6) is 0 Å². The molecule has 0 unspecified atom stereocenters. The molecule has 5 aromatic rings. The Kier molecular flexibility index (Phi) is 12.6. The van der Waals surface area contributed by atoms with E-state index in [1.165, 1.54) is 0 Å². The first kappa shape index (κ1) is 36.8. The van der Waals surface area contributed by atoms with E-state index < -0.39 is 0 Å². The first-order valence-corrected chi connectivity index (χ1v) is 19.1. The normalized spacial score (nSPS) is 15.9. The summed E-state index contributed by atoms with van der Waals surface area (Å²) in [5.41, 5.74) is 6.14. The Bertz CT molecular complexity index is 1680. The SMILES string of the molecule is O=C(NC(c1ccccc1)c1ccccc1)OC1CCN(Cc2cccc(CN3CCC(OC(=O)NC(c4ccccc4)c4ccccc4)CC3)n2)CC1. The average Bonchev–Trinajstić information content (AvgIpc) is 3.22. The van der Waals surface area contributed by atoms with E-state index >= 15 is 0 Å². The van der Waals surface area contributed by atoms with Gasteiger partial charge in [0.2, 0.25) is 0 Å². The number of ether oxygens (including phenoxy) is 2. The van der Waals surface area contributed by atoms with Crippen molar-refractivity contribution in [3.05, 3.63) is 173 Å². The van der Waals surface area contributed by atoms with Crippen LogP contribution in [0.4, 0.5) is 9.59 Å². The van der Waals surface area contributed by atoms with Crippen molar-refractivity contribution in [3.63, 3.8) is 0 Å². The third-order valence-corrected chi connectivity index (χ3v) is 10.3. The third-order valence-electron chi connectivity index (χ3n) is 10.3. The largest absolute Gasteiger partial charge is 0.446 e. The summed E-state index contributed by atoms with van der Waals surface area (Å²) in [6.07, 6.45) is 2.09. The summed E-state index contributed by atoms with van der Waals surface area (Å²) in [5.74, 6) is 0. The zero-order valence-electron chi connectivity index (χ0n) is 30.6. The van der Waals surface area contributed by atoms with Crippen LogP contribution >= 0.6 is 0 Å². The number of carbonyl (C=O) groups is 2. The summed E-state index contributed by atoms with van der Waals surface area (Å²) in [7, 11) is 0. The number of hydrogen-bond donors (Lipinski definition) is 2. The molecule has 278 valence electrons. The number of aromatic nitrogens is 1. The second-order valence-electron chi connectivity index (χ2n) is 14.2. The maximum absolute atomic E-state index is 13.1. The van der Waals surface area contributed by atoms with E-state index in [2.05, 4.69) is 38.6 Å². The van der Waals surface area contributed by atoms with Gasteiger partial charge in [-0.2, -0.15) is 0 Å². The number of nitrogens with zero attached hydrogens (tertiary/aromatic N) is 3. The molecule has 2 N–H and O–H groups in total. The molecule has 0 spiro atoms. The Morgan fingerprint density at radius 3 is 1.13 bits per heavy atom. The Balaban J connectivity index is 0.837. The van der Waals surface area contributed by atoms with Crippen LogP contribution in [-0.4, -0.2) is 65.4 Å². The van der Waals surface area contributed by atoms with Crippen LogP contribution < -0.4 is 10.6 Å². The van der Waals surface area contributed by atoms with Gasteiger partial charge in [-0.3, -0.25) is 14.8 Å². The van der Waals surface area contributed by atoms with Crippen molar-refractivity contribution >= 4 is 12.2 Å². The summed E-state index contributed by atoms with van der Waals surface area (Å²) >= 11 is 0. The number of amides is 2. The average molecular weight is 724 g/mol. The fourth-order valence-corrected chi connectivity index (χ4v) is 7.44. The summed E-state index contributed by atoms with van der Waals surface area (Å²) in [5, 5.41) is 6.20. The van der Waals surface area contributed by atoms with Gasteiger partial charge in [0.15, 0.2) is 0 Å². The molecule has 1 aromatic heterocycles. The molecule has 0 atom stereocenters. The molecule has 2 aliphatic heterocycles. The fraction of sp³-hybridized carbons (Fsp3) is 0.311. The zero-order chi connectivity index (χ0) is 37.0. The monoisotopic (exact) mass is 723 g/mol. The molecule has 2 fully saturated rings. The standard InChI is InChI=1S/C45H49N5O4/c51-44(47-42(34-14-5-1-6-15-34)35-16-7-2-8-17-35)53-40-24-28-49(29-25-40)32-38-22-13-23-39(46-38)33-50-30-26-41(27-31-50)54-45(52)48-43(36-18-9-3-10-19-36)37-20-11-4-12-21-37/h1-23,40-43H,24-33H2,(H,47,51)(H,48,52). The van der Waals surface area contributed by atoms with E-state index in [0.29, 0.717) is 0 Å². The topological polar surface area (TPSA) is 96.0 Å². The minimum absolute atomic E-state index is 0.125. The molecule has 2 amide bonds. The van der Waals surface area contributed by atoms with Crippen molar-refractivity contribution in [1.29, 1.82) is 0 Å². The number of rotatable bonds is 12. The van der Waals surface area contributed by atoms with Crippen molar-refractivity contribution in [2.75, 3.05) is 26.2 Å². The zero-order valence-corrected chi connectivity index (χ0v) is 30.6. The van der Waals surface area contributed by atoms with E-state index in [0.717, 1.165) is 98.6 Å². The van der Waals surface area contributed by atoms with E-state index in [4.69, 9.17) is 14.5 Å². The van der Waals surface area contributed by atoms with Crippen molar-refractivity contribution < 1.29 is 19.1 Å². The second kappa shape index (κ2) is 18.5. The molecular formula is C45H49N5O4. The predicted molar refractivity (Wildman–Crippen MR) is 210 cm³/mol. The molecule has 2 aliphatic rings. The summed E-state index contributed by atoms with van der Waals surface area (Å²) in [6.45, 7) is 4.86. The lowest BCUT2D eigenvalue weighted by Gasteiger charge is -2.32. The molecule has 0 bridgehead atoms. The maximum atomic E-state index is 13.1. The molecule has 7 rings (SSSR count).